The lowest BCUT2D eigenvalue weighted by Crippen LogP contribution is -2.40. The SMILES string of the molecule is CC(=O)O[C@H](CCC(C)(C)O)C(C)(C)O. The Morgan fingerprint density at radius 2 is 1.73 bits per heavy atom. The highest BCUT2D eigenvalue weighted by Crippen LogP contribution is 2.21. The van der Waals surface area contributed by atoms with Crippen molar-refractivity contribution in [1.29, 1.82) is 0 Å². The zero-order chi connectivity index (χ0) is 12.3. The molecule has 0 aliphatic heterocycles. The molecule has 0 aromatic carbocycles. The number of hydrogen-bond donors (Lipinski definition) is 2. The molecule has 0 unspecified atom stereocenters. The summed E-state index contributed by atoms with van der Waals surface area (Å²) in [7, 11) is 0. The van der Waals surface area contributed by atoms with E-state index in [4.69, 9.17) is 4.74 Å². The van der Waals surface area contributed by atoms with Gasteiger partial charge in [-0.25, -0.2) is 0 Å². The van der Waals surface area contributed by atoms with E-state index in [9.17, 15) is 15.0 Å². The Kier molecular flexibility index (Phi) is 4.74. The van der Waals surface area contributed by atoms with Gasteiger partial charge >= 0.3 is 5.97 Å². The molecule has 0 radical (unpaired) electrons. The molecular formula is C11H22O4. The lowest BCUT2D eigenvalue weighted by molar-refractivity contribution is -0.161. The number of ether oxygens (including phenoxy) is 1. The van der Waals surface area contributed by atoms with E-state index in [0.29, 0.717) is 12.8 Å². The van der Waals surface area contributed by atoms with Gasteiger partial charge in [-0.3, -0.25) is 4.79 Å². The maximum Gasteiger partial charge on any atom is 0.303 e. The third kappa shape index (κ3) is 7.33. The van der Waals surface area contributed by atoms with Gasteiger partial charge in [-0.2, -0.15) is 0 Å². The predicted molar refractivity (Wildman–Crippen MR) is 57.4 cm³/mol. The molecule has 0 fully saturated rings. The van der Waals surface area contributed by atoms with Crippen molar-refractivity contribution in [1.82, 2.24) is 0 Å². The highest BCUT2D eigenvalue weighted by Gasteiger charge is 2.31. The predicted octanol–water partition coefficient (Wildman–Crippen LogP) is 1.24. The van der Waals surface area contributed by atoms with Crippen molar-refractivity contribution in [3.63, 3.8) is 0 Å². The summed E-state index contributed by atoms with van der Waals surface area (Å²) in [4.78, 5) is 10.8. The Labute approximate surface area is 91.3 Å². The minimum atomic E-state index is -1.09. The summed E-state index contributed by atoms with van der Waals surface area (Å²) >= 11 is 0. The van der Waals surface area contributed by atoms with Crippen LogP contribution in [-0.2, 0) is 9.53 Å². The Morgan fingerprint density at radius 1 is 1.27 bits per heavy atom. The Hall–Kier alpha value is -0.610. The fourth-order valence-corrected chi connectivity index (χ4v) is 1.24. The molecule has 0 aromatic heterocycles. The number of rotatable bonds is 5. The molecule has 0 saturated carbocycles. The van der Waals surface area contributed by atoms with Gasteiger partial charge in [0.05, 0.1) is 11.2 Å². The first-order valence-electron chi connectivity index (χ1n) is 5.14. The van der Waals surface area contributed by atoms with Crippen molar-refractivity contribution in [2.45, 2.75) is 64.8 Å². The Bertz CT molecular complexity index is 210. The van der Waals surface area contributed by atoms with Gasteiger partial charge in [0, 0.05) is 6.92 Å². The third-order valence-corrected chi connectivity index (χ3v) is 2.11. The van der Waals surface area contributed by atoms with E-state index in [1.54, 1.807) is 27.7 Å². The number of aliphatic hydroxyl groups is 2. The summed E-state index contributed by atoms with van der Waals surface area (Å²) < 4.78 is 5.01. The number of carbonyl (C=O) groups is 1. The zero-order valence-electron chi connectivity index (χ0n) is 10.2. The molecule has 1 atom stereocenters. The van der Waals surface area contributed by atoms with Gasteiger partial charge < -0.3 is 14.9 Å². The smallest absolute Gasteiger partial charge is 0.303 e. The van der Waals surface area contributed by atoms with Crippen molar-refractivity contribution in [3.05, 3.63) is 0 Å². The standard InChI is InChI=1S/C11H22O4/c1-8(12)15-9(11(4,5)14)6-7-10(2,3)13/h9,13-14H,6-7H2,1-5H3/t9-/m1/s1. The van der Waals surface area contributed by atoms with E-state index < -0.39 is 23.3 Å². The van der Waals surface area contributed by atoms with Crippen LogP contribution < -0.4 is 0 Å². The van der Waals surface area contributed by atoms with Crippen LogP contribution in [0, 0.1) is 0 Å². The van der Waals surface area contributed by atoms with Crippen LogP contribution in [0.5, 0.6) is 0 Å². The molecule has 0 rings (SSSR count). The molecule has 0 spiro atoms. The molecule has 90 valence electrons. The second-order valence-electron chi connectivity index (χ2n) is 5.10. The molecule has 2 N–H and O–H groups in total. The van der Waals surface area contributed by atoms with Gasteiger partial charge in [0.15, 0.2) is 0 Å². The number of hydrogen-bond acceptors (Lipinski definition) is 4. The fourth-order valence-electron chi connectivity index (χ4n) is 1.24. The molecule has 0 saturated heterocycles. The molecule has 4 heteroatoms. The van der Waals surface area contributed by atoms with E-state index in [2.05, 4.69) is 0 Å². The van der Waals surface area contributed by atoms with Crippen molar-refractivity contribution in [2.24, 2.45) is 0 Å². The summed E-state index contributed by atoms with van der Waals surface area (Å²) in [6.45, 7) is 7.85. The van der Waals surface area contributed by atoms with Gasteiger partial charge in [-0.1, -0.05) is 0 Å². The second kappa shape index (κ2) is 4.94. The maximum absolute atomic E-state index is 10.8. The molecule has 15 heavy (non-hydrogen) atoms. The molecule has 0 heterocycles. The topological polar surface area (TPSA) is 66.8 Å². The maximum atomic E-state index is 10.8. The summed E-state index contributed by atoms with van der Waals surface area (Å²) in [5.74, 6) is -0.419. The average Bonchev–Trinajstić information content (AvgIpc) is 1.93. The lowest BCUT2D eigenvalue weighted by atomic mass is 9.92. The fraction of sp³-hybridized carbons (Fsp3) is 0.909. The van der Waals surface area contributed by atoms with Crippen molar-refractivity contribution < 1.29 is 19.7 Å². The van der Waals surface area contributed by atoms with E-state index in [1.807, 2.05) is 0 Å². The molecular weight excluding hydrogens is 196 g/mol. The molecule has 0 aliphatic rings. The molecule has 0 aliphatic carbocycles. The summed E-state index contributed by atoms with van der Waals surface area (Å²) in [5.41, 5.74) is -1.90. The van der Waals surface area contributed by atoms with Crippen LogP contribution in [0.2, 0.25) is 0 Å². The van der Waals surface area contributed by atoms with E-state index in [1.165, 1.54) is 6.92 Å². The van der Waals surface area contributed by atoms with Crippen molar-refractivity contribution >= 4 is 5.97 Å². The third-order valence-electron chi connectivity index (χ3n) is 2.11. The molecule has 0 aromatic rings. The van der Waals surface area contributed by atoms with Crippen LogP contribution in [0.1, 0.15) is 47.5 Å². The van der Waals surface area contributed by atoms with E-state index in [-0.39, 0.29) is 0 Å². The van der Waals surface area contributed by atoms with Crippen LogP contribution in [-0.4, -0.2) is 33.5 Å². The molecule has 0 bridgehead atoms. The van der Waals surface area contributed by atoms with E-state index in [0.717, 1.165) is 0 Å². The zero-order valence-corrected chi connectivity index (χ0v) is 10.2. The Morgan fingerprint density at radius 3 is 2.00 bits per heavy atom. The van der Waals surface area contributed by atoms with Crippen LogP contribution >= 0.6 is 0 Å². The second-order valence-corrected chi connectivity index (χ2v) is 5.10. The number of carbonyl (C=O) groups excluding carboxylic acids is 1. The molecule has 4 nitrogen and oxygen atoms in total. The monoisotopic (exact) mass is 218 g/mol. The first-order chi connectivity index (χ1) is 6.52. The van der Waals surface area contributed by atoms with E-state index >= 15 is 0 Å². The normalized spacial score (nSPS) is 14.9. The highest BCUT2D eigenvalue weighted by atomic mass is 16.6. The largest absolute Gasteiger partial charge is 0.460 e. The van der Waals surface area contributed by atoms with Gasteiger partial charge in [0.1, 0.15) is 6.10 Å². The summed E-state index contributed by atoms with van der Waals surface area (Å²) in [5, 5.41) is 19.3. The first-order valence-corrected chi connectivity index (χ1v) is 5.14. The number of esters is 1. The summed E-state index contributed by atoms with van der Waals surface area (Å²) in [6, 6.07) is 0. The lowest BCUT2D eigenvalue weighted by Gasteiger charge is -2.30. The highest BCUT2D eigenvalue weighted by molar-refractivity contribution is 5.66. The van der Waals surface area contributed by atoms with Crippen molar-refractivity contribution in [2.75, 3.05) is 0 Å². The molecule has 0 amide bonds. The Balaban J connectivity index is 4.33. The van der Waals surface area contributed by atoms with Gasteiger partial charge in [0.2, 0.25) is 0 Å². The van der Waals surface area contributed by atoms with Gasteiger partial charge in [-0.05, 0) is 40.5 Å². The quantitative estimate of drug-likeness (QED) is 0.681. The minimum Gasteiger partial charge on any atom is -0.460 e. The van der Waals surface area contributed by atoms with Crippen LogP contribution in [0.4, 0.5) is 0 Å². The van der Waals surface area contributed by atoms with Crippen LogP contribution in [0.15, 0.2) is 0 Å². The van der Waals surface area contributed by atoms with Crippen LogP contribution in [0.3, 0.4) is 0 Å². The van der Waals surface area contributed by atoms with Crippen LogP contribution in [0.25, 0.3) is 0 Å². The minimum absolute atomic E-state index is 0.419. The first kappa shape index (κ1) is 14.4. The average molecular weight is 218 g/mol. The van der Waals surface area contributed by atoms with Gasteiger partial charge in [0.25, 0.3) is 0 Å². The van der Waals surface area contributed by atoms with Gasteiger partial charge in [-0.15, -0.1) is 0 Å². The summed E-state index contributed by atoms with van der Waals surface area (Å²) in [6.07, 6.45) is 0.322. The van der Waals surface area contributed by atoms with Crippen molar-refractivity contribution in [3.8, 4) is 0 Å².